The number of halogens is 1. The van der Waals surface area contributed by atoms with E-state index in [1.54, 1.807) is 23.1 Å². The maximum absolute atomic E-state index is 12.0. The third kappa shape index (κ3) is 3.02. The third-order valence-electron chi connectivity index (χ3n) is 2.65. The molecule has 96 valence electrons. The predicted molar refractivity (Wildman–Crippen MR) is 77.7 cm³/mol. The van der Waals surface area contributed by atoms with Crippen LogP contribution in [0.25, 0.3) is 0 Å². The first-order valence-corrected chi connectivity index (χ1v) is 7.14. The number of thiol groups is 1. The molecule has 0 bridgehead atoms. The number of anilines is 1. The van der Waals surface area contributed by atoms with Crippen LogP contribution in [0.5, 0.6) is 0 Å². The van der Waals surface area contributed by atoms with Gasteiger partial charge in [0.2, 0.25) is 5.91 Å². The molecule has 0 radical (unpaired) electrons. The molecule has 18 heavy (non-hydrogen) atoms. The number of benzene rings is 1. The first kappa shape index (κ1) is 13.8. The number of hydrogen-bond acceptors (Lipinski definition) is 4. The normalized spacial score (nSPS) is 19.4. The van der Waals surface area contributed by atoms with E-state index in [0.29, 0.717) is 28.6 Å². The van der Waals surface area contributed by atoms with Gasteiger partial charge in [0.1, 0.15) is 0 Å². The van der Waals surface area contributed by atoms with E-state index in [1.807, 2.05) is 0 Å². The molecule has 0 N–H and O–H groups in total. The second-order valence-electron chi connectivity index (χ2n) is 4.07. The minimum Gasteiger partial charge on any atom is -0.310 e. The summed E-state index contributed by atoms with van der Waals surface area (Å²) in [6.07, 6.45) is 0.379. The van der Waals surface area contributed by atoms with Gasteiger partial charge >= 0.3 is 0 Å². The molecule has 2 rings (SSSR count). The molecular weight excluding hydrogens is 290 g/mol. The van der Waals surface area contributed by atoms with Gasteiger partial charge in [0.05, 0.1) is 5.69 Å². The van der Waals surface area contributed by atoms with Gasteiger partial charge in [-0.15, -0.1) is 12.6 Å². The fourth-order valence-corrected chi connectivity index (χ4v) is 3.28. The number of carbonyl (C=O) groups excluding carboxylic acids is 2. The third-order valence-corrected chi connectivity index (χ3v) is 4.24. The van der Waals surface area contributed by atoms with Crippen molar-refractivity contribution in [2.75, 3.05) is 11.4 Å². The molecule has 3 nitrogen and oxygen atoms in total. The molecule has 0 spiro atoms. The zero-order chi connectivity index (χ0) is 13.3. The van der Waals surface area contributed by atoms with Crippen molar-refractivity contribution < 1.29 is 9.59 Å². The van der Waals surface area contributed by atoms with Crippen molar-refractivity contribution in [2.45, 2.75) is 23.5 Å². The SMILES string of the molecule is CC(=O)SC1CC(=O)N(c2cc(Cl)ccc2S)C1. The molecule has 1 aromatic carbocycles. The average Bonchev–Trinajstić information content (AvgIpc) is 2.62. The van der Waals surface area contributed by atoms with Crippen LogP contribution in [0.4, 0.5) is 5.69 Å². The molecule has 1 amide bonds. The van der Waals surface area contributed by atoms with Gasteiger partial charge in [-0.05, 0) is 18.2 Å². The molecule has 1 fully saturated rings. The van der Waals surface area contributed by atoms with E-state index < -0.39 is 0 Å². The Hall–Kier alpha value is -0.650. The first-order valence-electron chi connectivity index (χ1n) is 5.43. The van der Waals surface area contributed by atoms with Gasteiger partial charge in [-0.25, -0.2) is 0 Å². The van der Waals surface area contributed by atoms with Gasteiger partial charge in [-0.3, -0.25) is 9.59 Å². The molecule has 1 unspecified atom stereocenters. The molecule has 0 aliphatic carbocycles. The van der Waals surface area contributed by atoms with Crippen molar-refractivity contribution in [3.63, 3.8) is 0 Å². The van der Waals surface area contributed by atoms with Crippen LogP contribution in [0.15, 0.2) is 23.1 Å². The lowest BCUT2D eigenvalue weighted by atomic mass is 10.3. The van der Waals surface area contributed by atoms with Crippen molar-refractivity contribution in [2.24, 2.45) is 0 Å². The van der Waals surface area contributed by atoms with E-state index in [2.05, 4.69) is 12.6 Å². The highest BCUT2D eigenvalue weighted by Crippen LogP contribution is 2.33. The van der Waals surface area contributed by atoms with Crippen molar-refractivity contribution in [3.05, 3.63) is 23.2 Å². The lowest BCUT2D eigenvalue weighted by Crippen LogP contribution is -2.25. The Balaban J connectivity index is 2.21. The van der Waals surface area contributed by atoms with Gasteiger partial charge in [0.15, 0.2) is 5.12 Å². The fraction of sp³-hybridized carbons (Fsp3) is 0.333. The van der Waals surface area contributed by atoms with E-state index in [-0.39, 0.29) is 16.3 Å². The Labute approximate surface area is 120 Å². The van der Waals surface area contributed by atoms with E-state index in [1.165, 1.54) is 18.7 Å². The van der Waals surface area contributed by atoms with Crippen LogP contribution in [0, 0.1) is 0 Å². The van der Waals surface area contributed by atoms with E-state index >= 15 is 0 Å². The van der Waals surface area contributed by atoms with E-state index in [0.717, 1.165) is 0 Å². The zero-order valence-corrected chi connectivity index (χ0v) is 12.2. The quantitative estimate of drug-likeness (QED) is 0.853. The Morgan fingerprint density at radius 1 is 1.56 bits per heavy atom. The molecule has 0 saturated carbocycles. The topological polar surface area (TPSA) is 37.4 Å². The Morgan fingerprint density at radius 3 is 2.94 bits per heavy atom. The van der Waals surface area contributed by atoms with Gasteiger partial charge in [0, 0.05) is 35.1 Å². The number of hydrogen-bond donors (Lipinski definition) is 1. The van der Waals surface area contributed by atoms with Crippen LogP contribution in [0.2, 0.25) is 5.02 Å². The number of rotatable bonds is 2. The van der Waals surface area contributed by atoms with Crippen LogP contribution in [0.3, 0.4) is 0 Å². The Morgan fingerprint density at radius 2 is 2.28 bits per heavy atom. The number of nitrogens with zero attached hydrogens (tertiary/aromatic N) is 1. The molecule has 6 heteroatoms. The minimum atomic E-state index is 0.00585. The highest BCUT2D eigenvalue weighted by molar-refractivity contribution is 8.14. The van der Waals surface area contributed by atoms with E-state index in [9.17, 15) is 9.59 Å². The van der Waals surface area contributed by atoms with Crippen molar-refractivity contribution in [1.82, 2.24) is 0 Å². The highest BCUT2D eigenvalue weighted by atomic mass is 35.5. The molecule has 1 atom stereocenters. The van der Waals surface area contributed by atoms with Gasteiger partial charge in [-0.1, -0.05) is 23.4 Å². The summed E-state index contributed by atoms with van der Waals surface area (Å²) < 4.78 is 0. The lowest BCUT2D eigenvalue weighted by molar-refractivity contribution is -0.117. The molecule has 1 aromatic rings. The standard InChI is InChI=1S/C12H12ClNO2S2/c1-7(15)18-9-5-12(16)14(6-9)10-4-8(13)2-3-11(10)17/h2-4,9,17H,5-6H2,1H3. The van der Waals surface area contributed by atoms with Gasteiger partial charge in [0.25, 0.3) is 0 Å². The Bertz CT molecular complexity index is 507. The summed E-state index contributed by atoms with van der Waals surface area (Å²) in [5.41, 5.74) is 0.711. The first-order chi connectivity index (χ1) is 8.47. The van der Waals surface area contributed by atoms with Crippen molar-refractivity contribution >= 4 is 52.7 Å². The van der Waals surface area contributed by atoms with Crippen LogP contribution in [-0.4, -0.2) is 22.8 Å². The molecule has 1 aliphatic heterocycles. The van der Waals surface area contributed by atoms with Crippen LogP contribution >= 0.6 is 36.0 Å². The fourth-order valence-electron chi connectivity index (χ4n) is 1.93. The van der Waals surface area contributed by atoms with Gasteiger partial charge in [-0.2, -0.15) is 0 Å². The second kappa shape index (κ2) is 5.55. The maximum Gasteiger partial charge on any atom is 0.228 e. The summed E-state index contributed by atoms with van der Waals surface area (Å²) in [6, 6.07) is 5.22. The summed E-state index contributed by atoms with van der Waals surface area (Å²) in [5.74, 6) is 0.00585. The second-order valence-corrected chi connectivity index (χ2v) is 6.47. The zero-order valence-electron chi connectivity index (χ0n) is 9.72. The monoisotopic (exact) mass is 301 g/mol. The summed E-state index contributed by atoms with van der Waals surface area (Å²) in [5, 5.41) is 0.617. The minimum absolute atomic E-state index is 0.00585. The predicted octanol–water partition coefficient (Wildman–Crippen LogP) is 3.01. The van der Waals surface area contributed by atoms with Crippen LogP contribution < -0.4 is 4.90 Å². The number of thioether (sulfide) groups is 1. The summed E-state index contributed by atoms with van der Waals surface area (Å²) in [7, 11) is 0. The molecule has 1 heterocycles. The number of carbonyl (C=O) groups is 2. The average molecular weight is 302 g/mol. The maximum atomic E-state index is 12.0. The summed E-state index contributed by atoms with van der Waals surface area (Å²) in [6.45, 7) is 2.04. The van der Waals surface area contributed by atoms with Crippen molar-refractivity contribution in [1.29, 1.82) is 0 Å². The van der Waals surface area contributed by atoms with E-state index in [4.69, 9.17) is 11.6 Å². The smallest absolute Gasteiger partial charge is 0.228 e. The number of amides is 1. The Kier molecular flexibility index (Phi) is 4.25. The van der Waals surface area contributed by atoms with Crippen molar-refractivity contribution in [3.8, 4) is 0 Å². The largest absolute Gasteiger partial charge is 0.310 e. The van der Waals surface area contributed by atoms with Crippen LogP contribution in [-0.2, 0) is 9.59 Å². The summed E-state index contributed by atoms with van der Waals surface area (Å²) >= 11 is 11.5. The summed E-state index contributed by atoms with van der Waals surface area (Å²) in [4.78, 5) is 25.4. The lowest BCUT2D eigenvalue weighted by Gasteiger charge is -2.18. The molecular formula is C12H12ClNO2S2. The molecule has 1 aliphatic rings. The molecule has 0 aromatic heterocycles. The highest BCUT2D eigenvalue weighted by Gasteiger charge is 2.32. The van der Waals surface area contributed by atoms with Gasteiger partial charge < -0.3 is 4.90 Å². The molecule has 1 saturated heterocycles. The van der Waals surface area contributed by atoms with Crippen LogP contribution in [0.1, 0.15) is 13.3 Å².